The van der Waals surface area contributed by atoms with Gasteiger partial charge in [-0.15, -0.1) is 0 Å². The lowest BCUT2D eigenvalue weighted by molar-refractivity contribution is -0.116. The van der Waals surface area contributed by atoms with E-state index in [0.29, 0.717) is 31.1 Å². The standard InChI is InChI=1S/C22H25F2NO5/c1-4-29-18-9-6-15(13-19(18)28-3)7-10-21(26)25-12-11-16-5-8-17(27-2)20(14-16)30-22(23)24/h5-10,13-14,22H,4,11-12H2,1-3H3,(H,25,26)/b10-7+. The molecule has 0 aromatic heterocycles. The lowest BCUT2D eigenvalue weighted by Crippen LogP contribution is -2.23. The van der Waals surface area contributed by atoms with Gasteiger partial charge in [0.2, 0.25) is 5.91 Å². The molecule has 0 aliphatic rings. The fourth-order valence-electron chi connectivity index (χ4n) is 2.69. The number of halogens is 2. The first-order valence-corrected chi connectivity index (χ1v) is 9.35. The van der Waals surface area contributed by atoms with Gasteiger partial charge in [0.05, 0.1) is 20.8 Å². The van der Waals surface area contributed by atoms with E-state index in [1.807, 2.05) is 13.0 Å². The van der Waals surface area contributed by atoms with Crippen LogP contribution in [0.4, 0.5) is 8.78 Å². The lowest BCUT2D eigenvalue weighted by Gasteiger charge is -2.11. The molecule has 2 aromatic rings. The van der Waals surface area contributed by atoms with Gasteiger partial charge in [0.15, 0.2) is 23.0 Å². The van der Waals surface area contributed by atoms with Gasteiger partial charge in [-0.3, -0.25) is 4.79 Å². The van der Waals surface area contributed by atoms with E-state index >= 15 is 0 Å². The zero-order chi connectivity index (χ0) is 21.9. The normalized spacial score (nSPS) is 10.9. The second kappa shape index (κ2) is 11.6. The summed E-state index contributed by atoms with van der Waals surface area (Å²) in [5.41, 5.74) is 1.52. The summed E-state index contributed by atoms with van der Waals surface area (Å²) >= 11 is 0. The number of amides is 1. The molecule has 2 aromatic carbocycles. The number of carbonyl (C=O) groups excluding carboxylic acids is 1. The molecule has 0 radical (unpaired) electrons. The van der Waals surface area contributed by atoms with Crippen LogP contribution in [0.25, 0.3) is 6.08 Å². The van der Waals surface area contributed by atoms with Gasteiger partial charge in [-0.1, -0.05) is 12.1 Å². The Balaban J connectivity index is 1.90. The van der Waals surface area contributed by atoms with Gasteiger partial charge in [0.1, 0.15) is 0 Å². The van der Waals surface area contributed by atoms with Gasteiger partial charge in [0, 0.05) is 12.6 Å². The number of rotatable bonds is 11. The summed E-state index contributed by atoms with van der Waals surface area (Å²) in [4.78, 5) is 12.0. The molecule has 0 unspecified atom stereocenters. The van der Waals surface area contributed by atoms with Crippen molar-refractivity contribution in [3.8, 4) is 23.0 Å². The molecule has 6 nitrogen and oxygen atoms in total. The zero-order valence-corrected chi connectivity index (χ0v) is 17.1. The van der Waals surface area contributed by atoms with Crippen molar-refractivity contribution in [1.29, 1.82) is 0 Å². The molecule has 0 saturated carbocycles. The van der Waals surface area contributed by atoms with Crippen molar-refractivity contribution >= 4 is 12.0 Å². The van der Waals surface area contributed by atoms with Crippen molar-refractivity contribution in [2.45, 2.75) is 20.0 Å². The van der Waals surface area contributed by atoms with Gasteiger partial charge in [0.25, 0.3) is 0 Å². The summed E-state index contributed by atoms with van der Waals surface area (Å²) in [6, 6.07) is 10.1. The average Bonchev–Trinajstić information content (AvgIpc) is 2.73. The van der Waals surface area contributed by atoms with E-state index in [2.05, 4.69) is 10.1 Å². The van der Waals surface area contributed by atoms with E-state index in [1.54, 1.807) is 37.5 Å². The highest BCUT2D eigenvalue weighted by molar-refractivity contribution is 5.91. The summed E-state index contributed by atoms with van der Waals surface area (Å²) in [6.45, 7) is -0.204. The van der Waals surface area contributed by atoms with E-state index in [0.717, 1.165) is 11.1 Å². The number of nitrogens with one attached hydrogen (secondary N) is 1. The number of carbonyl (C=O) groups is 1. The Kier molecular flexibility index (Phi) is 8.93. The minimum atomic E-state index is -2.94. The van der Waals surface area contributed by atoms with Gasteiger partial charge in [-0.2, -0.15) is 8.78 Å². The van der Waals surface area contributed by atoms with E-state index < -0.39 is 6.61 Å². The maximum absolute atomic E-state index is 12.5. The molecular formula is C22H25F2NO5. The third kappa shape index (κ3) is 6.95. The van der Waals surface area contributed by atoms with Crippen LogP contribution in [0.2, 0.25) is 0 Å². The molecule has 30 heavy (non-hydrogen) atoms. The van der Waals surface area contributed by atoms with Crippen LogP contribution in [-0.2, 0) is 11.2 Å². The smallest absolute Gasteiger partial charge is 0.387 e. The lowest BCUT2D eigenvalue weighted by atomic mass is 10.1. The van der Waals surface area contributed by atoms with Crippen molar-refractivity contribution in [3.05, 3.63) is 53.6 Å². The highest BCUT2D eigenvalue weighted by Gasteiger charge is 2.11. The monoisotopic (exact) mass is 421 g/mol. The van der Waals surface area contributed by atoms with Crippen molar-refractivity contribution in [1.82, 2.24) is 5.32 Å². The van der Waals surface area contributed by atoms with Crippen molar-refractivity contribution in [3.63, 3.8) is 0 Å². The Labute approximate surface area is 174 Å². The molecule has 162 valence electrons. The Morgan fingerprint density at radius 3 is 2.43 bits per heavy atom. The number of hydrogen-bond acceptors (Lipinski definition) is 5. The molecule has 0 bridgehead atoms. The zero-order valence-electron chi connectivity index (χ0n) is 17.1. The Morgan fingerprint density at radius 1 is 1.03 bits per heavy atom. The number of benzene rings is 2. The summed E-state index contributed by atoms with van der Waals surface area (Å²) < 4.78 is 45.2. The quantitative estimate of drug-likeness (QED) is 0.554. The van der Waals surface area contributed by atoms with Crippen LogP contribution in [-0.4, -0.2) is 39.9 Å². The molecule has 0 fully saturated rings. The van der Waals surface area contributed by atoms with E-state index in [4.69, 9.17) is 14.2 Å². The second-order valence-electron chi connectivity index (χ2n) is 6.08. The third-order valence-corrected chi connectivity index (χ3v) is 4.07. The van der Waals surface area contributed by atoms with Gasteiger partial charge < -0.3 is 24.3 Å². The predicted molar refractivity (Wildman–Crippen MR) is 110 cm³/mol. The summed E-state index contributed by atoms with van der Waals surface area (Å²) in [7, 11) is 2.93. The maximum Gasteiger partial charge on any atom is 0.387 e. The Bertz CT molecular complexity index is 871. The molecule has 8 heteroatoms. The third-order valence-electron chi connectivity index (χ3n) is 4.07. The van der Waals surface area contributed by atoms with E-state index in [-0.39, 0.29) is 17.4 Å². The van der Waals surface area contributed by atoms with E-state index in [9.17, 15) is 13.6 Å². The molecule has 0 heterocycles. The maximum atomic E-state index is 12.5. The molecular weight excluding hydrogens is 396 g/mol. The van der Waals surface area contributed by atoms with Crippen LogP contribution in [0.1, 0.15) is 18.1 Å². The number of methoxy groups -OCH3 is 2. The first-order valence-electron chi connectivity index (χ1n) is 9.35. The first kappa shape index (κ1) is 23.0. The van der Waals surface area contributed by atoms with E-state index in [1.165, 1.54) is 19.3 Å². The number of hydrogen-bond donors (Lipinski definition) is 1. The van der Waals surface area contributed by atoms with Crippen LogP contribution in [0, 0.1) is 0 Å². The molecule has 0 atom stereocenters. The van der Waals surface area contributed by atoms with Crippen molar-refractivity contribution < 1.29 is 32.5 Å². The molecule has 0 aliphatic carbocycles. The minimum Gasteiger partial charge on any atom is -0.493 e. The molecule has 0 spiro atoms. The Hall–Kier alpha value is -3.29. The summed E-state index contributed by atoms with van der Waals surface area (Å²) in [5, 5.41) is 2.75. The molecule has 1 amide bonds. The van der Waals surface area contributed by atoms with Crippen LogP contribution in [0.5, 0.6) is 23.0 Å². The van der Waals surface area contributed by atoms with Crippen LogP contribution < -0.4 is 24.3 Å². The van der Waals surface area contributed by atoms with Gasteiger partial charge >= 0.3 is 6.61 Å². The first-order chi connectivity index (χ1) is 14.5. The molecule has 1 N–H and O–H groups in total. The number of ether oxygens (including phenoxy) is 4. The minimum absolute atomic E-state index is 0.0410. The van der Waals surface area contributed by atoms with Crippen molar-refractivity contribution in [2.75, 3.05) is 27.4 Å². The Morgan fingerprint density at radius 2 is 1.77 bits per heavy atom. The molecule has 2 rings (SSSR count). The van der Waals surface area contributed by atoms with Gasteiger partial charge in [-0.25, -0.2) is 0 Å². The highest BCUT2D eigenvalue weighted by atomic mass is 19.3. The fraction of sp³-hybridized carbons (Fsp3) is 0.318. The van der Waals surface area contributed by atoms with Crippen LogP contribution in [0.15, 0.2) is 42.5 Å². The average molecular weight is 421 g/mol. The summed E-state index contributed by atoms with van der Waals surface area (Å²) in [5.74, 6) is 1.12. The largest absolute Gasteiger partial charge is 0.493 e. The highest BCUT2D eigenvalue weighted by Crippen LogP contribution is 2.30. The molecule has 0 aliphatic heterocycles. The fourth-order valence-corrected chi connectivity index (χ4v) is 2.69. The molecule has 0 saturated heterocycles. The SMILES string of the molecule is CCOc1ccc(/C=C/C(=O)NCCc2ccc(OC)c(OC(F)F)c2)cc1OC. The topological polar surface area (TPSA) is 66.0 Å². The van der Waals surface area contributed by atoms with Crippen LogP contribution in [0.3, 0.4) is 0 Å². The predicted octanol–water partition coefficient (Wildman–Crippen LogP) is 4.08. The summed E-state index contributed by atoms with van der Waals surface area (Å²) in [6.07, 6.45) is 3.52. The van der Waals surface area contributed by atoms with Crippen molar-refractivity contribution in [2.24, 2.45) is 0 Å². The second-order valence-corrected chi connectivity index (χ2v) is 6.08. The number of alkyl halides is 2. The van der Waals surface area contributed by atoms with Crippen LogP contribution >= 0.6 is 0 Å². The van der Waals surface area contributed by atoms with Gasteiger partial charge in [-0.05, 0) is 54.8 Å².